The monoisotopic (exact) mass is 409 g/mol. The number of hydrogen-bond donors (Lipinski definition) is 2. The second-order valence-electron chi connectivity index (χ2n) is 7.38. The van der Waals surface area contributed by atoms with Gasteiger partial charge in [-0.25, -0.2) is 9.97 Å². The predicted octanol–water partition coefficient (Wildman–Crippen LogP) is 3.84. The number of nitrogens with one attached hydrogen (secondary N) is 2. The minimum Gasteiger partial charge on any atom is -0.381 e. The van der Waals surface area contributed by atoms with Crippen LogP contribution < -0.4 is 5.32 Å². The lowest BCUT2D eigenvalue weighted by atomic mass is 9.87. The summed E-state index contributed by atoms with van der Waals surface area (Å²) in [6, 6.07) is 1.79. The Labute approximate surface area is 164 Å². The number of anilines is 2. The van der Waals surface area contributed by atoms with Gasteiger partial charge in [-0.15, -0.1) is 0 Å². The highest BCUT2D eigenvalue weighted by Gasteiger charge is 2.30. The van der Waals surface area contributed by atoms with Gasteiger partial charge < -0.3 is 10.1 Å². The van der Waals surface area contributed by atoms with Gasteiger partial charge in [0.2, 0.25) is 0 Å². The molecule has 1 aliphatic rings. The van der Waals surface area contributed by atoms with E-state index in [1.54, 1.807) is 13.2 Å². The number of ether oxygens (including phenoxy) is 1. The van der Waals surface area contributed by atoms with Crippen molar-refractivity contribution >= 4 is 22.7 Å². The zero-order valence-corrected chi connectivity index (χ0v) is 16.1. The summed E-state index contributed by atoms with van der Waals surface area (Å²) in [7, 11) is 1.70. The largest absolute Gasteiger partial charge is 0.408 e. The number of aryl methyl sites for hydroxylation is 1. The molecule has 0 unspecified atom stereocenters. The number of rotatable bonds is 5. The first kappa shape index (κ1) is 19.6. The number of aromatic nitrogens is 6. The van der Waals surface area contributed by atoms with Crippen LogP contribution in [0.15, 0.2) is 12.3 Å². The van der Waals surface area contributed by atoms with E-state index in [1.165, 1.54) is 6.20 Å². The third-order valence-corrected chi connectivity index (χ3v) is 5.11. The molecule has 0 aliphatic heterocycles. The molecule has 1 aliphatic carbocycles. The number of nitrogens with zero attached hydrogens (tertiary/aromatic N) is 5. The van der Waals surface area contributed by atoms with Gasteiger partial charge in [0.25, 0.3) is 0 Å². The maximum absolute atomic E-state index is 12.8. The molecule has 3 aromatic rings. The average molecular weight is 409 g/mol. The van der Waals surface area contributed by atoms with Crippen LogP contribution in [-0.4, -0.2) is 49.3 Å². The standard InChI is InChI=1S/C18H22F3N7O/c1-10-7-14(26-25-10)22-16-13-8-28(9-18(19,20)21)27-17(13)24-15(23-16)11-3-5-12(29-2)6-4-11/h7-8,11-12H,3-6,9H2,1-2H3,(H2,22,23,24,25,26,27). The van der Waals surface area contributed by atoms with E-state index in [2.05, 4.69) is 30.6 Å². The molecule has 0 saturated heterocycles. The molecule has 4 rings (SSSR count). The summed E-state index contributed by atoms with van der Waals surface area (Å²) in [6.07, 6.45) is 0.673. The van der Waals surface area contributed by atoms with Crippen LogP contribution in [0.4, 0.5) is 24.8 Å². The van der Waals surface area contributed by atoms with Crippen LogP contribution >= 0.6 is 0 Å². The highest BCUT2D eigenvalue weighted by molar-refractivity contribution is 5.87. The number of methoxy groups -OCH3 is 1. The average Bonchev–Trinajstić information content (AvgIpc) is 3.25. The number of alkyl halides is 3. The molecule has 8 nitrogen and oxygen atoms in total. The van der Waals surface area contributed by atoms with Crippen molar-refractivity contribution in [3.8, 4) is 0 Å². The highest BCUT2D eigenvalue weighted by Crippen LogP contribution is 2.34. The van der Waals surface area contributed by atoms with E-state index >= 15 is 0 Å². The van der Waals surface area contributed by atoms with Gasteiger partial charge in [-0.3, -0.25) is 9.78 Å². The SMILES string of the molecule is COC1CCC(c2nc(Nc3cc(C)[nH]n3)c3cn(CC(F)(F)F)nc3n2)CC1. The molecule has 0 spiro atoms. The molecule has 0 bridgehead atoms. The Hall–Kier alpha value is -2.69. The molecule has 1 saturated carbocycles. The summed E-state index contributed by atoms with van der Waals surface area (Å²) in [4.78, 5) is 9.13. The van der Waals surface area contributed by atoms with Crippen LogP contribution in [0.5, 0.6) is 0 Å². The maximum atomic E-state index is 12.8. The van der Waals surface area contributed by atoms with Crippen molar-refractivity contribution in [2.24, 2.45) is 0 Å². The smallest absolute Gasteiger partial charge is 0.381 e. The first-order valence-corrected chi connectivity index (χ1v) is 9.44. The number of fused-ring (bicyclic) bond motifs is 1. The molecule has 0 atom stereocenters. The Morgan fingerprint density at radius 3 is 2.62 bits per heavy atom. The number of hydrogen-bond acceptors (Lipinski definition) is 6. The summed E-state index contributed by atoms with van der Waals surface area (Å²) in [5.74, 6) is 1.62. The van der Waals surface area contributed by atoms with Gasteiger partial charge >= 0.3 is 6.18 Å². The van der Waals surface area contributed by atoms with E-state index in [1.807, 2.05) is 6.92 Å². The van der Waals surface area contributed by atoms with Crippen LogP contribution in [0.1, 0.15) is 43.1 Å². The molecule has 0 amide bonds. The van der Waals surface area contributed by atoms with Gasteiger partial charge in [0.05, 0.1) is 11.5 Å². The van der Waals surface area contributed by atoms with Crippen molar-refractivity contribution < 1.29 is 17.9 Å². The maximum Gasteiger partial charge on any atom is 0.408 e. The zero-order valence-electron chi connectivity index (χ0n) is 16.1. The van der Waals surface area contributed by atoms with Crippen molar-refractivity contribution in [1.29, 1.82) is 0 Å². The predicted molar refractivity (Wildman–Crippen MR) is 100.0 cm³/mol. The topological polar surface area (TPSA) is 93.5 Å². The molecular weight excluding hydrogens is 387 g/mol. The molecule has 3 heterocycles. The Bertz CT molecular complexity index is 989. The fourth-order valence-corrected chi connectivity index (χ4v) is 3.67. The van der Waals surface area contributed by atoms with E-state index in [4.69, 9.17) is 4.74 Å². The lowest BCUT2D eigenvalue weighted by molar-refractivity contribution is -0.142. The fourth-order valence-electron chi connectivity index (χ4n) is 3.67. The summed E-state index contributed by atoms with van der Waals surface area (Å²) in [5.41, 5.74) is 1.09. The van der Waals surface area contributed by atoms with Crippen molar-refractivity contribution in [2.75, 3.05) is 12.4 Å². The summed E-state index contributed by atoms with van der Waals surface area (Å²) in [6.45, 7) is 0.674. The van der Waals surface area contributed by atoms with Crippen molar-refractivity contribution in [3.05, 3.63) is 23.8 Å². The van der Waals surface area contributed by atoms with Gasteiger partial charge in [0.1, 0.15) is 18.2 Å². The van der Waals surface area contributed by atoms with E-state index in [9.17, 15) is 13.2 Å². The molecule has 1 fully saturated rings. The lowest BCUT2D eigenvalue weighted by Crippen LogP contribution is -2.20. The van der Waals surface area contributed by atoms with Gasteiger partial charge in [0.15, 0.2) is 11.5 Å². The van der Waals surface area contributed by atoms with Gasteiger partial charge in [-0.05, 0) is 32.6 Å². The summed E-state index contributed by atoms with van der Waals surface area (Å²) < 4.78 is 44.7. The number of halogens is 3. The van der Waals surface area contributed by atoms with Gasteiger partial charge in [-0.1, -0.05) is 0 Å². The van der Waals surface area contributed by atoms with Crippen molar-refractivity contribution in [1.82, 2.24) is 29.9 Å². The second-order valence-corrected chi connectivity index (χ2v) is 7.38. The molecule has 156 valence electrons. The summed E-state index contributed by atoms with van der Waals surface area (Å²) in [5, 5.41) is 14.5. The molecule has 29 heavy (non-hydrogen) atoms. The van der Waals surface area contributed by atoms with E-state index in [-0.39, 0.29) is 17.7 Å². The molecule has 0 aromatic carbocycles. The Morgan fingerprint density at radius 2 is 2.00 bits per heavy atom. The minimum atomic E-state index is -4.37. The lowest BCUT2D eigenvalue weighted by Gasteiger charge is -2.26. The molecular formula is C18H22F3N7O. The van der Waals surface area contributed by atoms with Crippen LogP contribution in [0, 0.1) is 6.92 Å². The summed E-state index contributed by atoms with van der Waals surface area (Å²) >= 11 is 0. The Kier molecular flexibility index (Phi) is 5.15. The van der Waals surface area contributed by atoms with Gasteiger partial charge in [-0.2, -0.15) is 23.4 Å². The number of aromatic amines is 1. The van der Waals surface area contributed by atoms with E-state index in [0.29, 0.717) is 22.8 Å². The van der Waals surface area contributed by atoms with Crippen LogP contribution in [-0.2, 0) is 11.3 Å². The molecule has 11 heteroatoms. The van der Waals surface area contributed by atoms with Crippen molar-refractivity contribution in [3.63, 3.8) is 0 Å². The quantitative estimate of drug-likeness (QED) is 0.665. The normalized spacial score (nSPS) is 20.3. The third-order valence-electron chi connectivity index (χ3n) is 5.11. The van der Waals surface area contributed by atoms with Crippen LogP contribution in [0.3, 0.4) is 0 Å². The Balaban J connectivity index is 1.70. The first-order valence-electron chi connectivity index (χ1n) is 9.44. The minimum absolute atomic E-state index is 0.111. The molecule has 2 N–H and O–H groups in total. The van der Waals surface area contributed by atoms with E-state index in [0.717, 1.165) is 36.1 Å². The molecule has 0 radical (unpaired) electrons. The fraction of sp³-hybridized carbons (Fsp3) is 0.556. The third kappa shape index (κ3) is 4.50. The Morgan fingerprint density at radius 1 is 1.24 bits per heavy atom. The number of H-pyrrole nitrogens is 1. The zero-order chi connectivity index (χ0) is 20.6. The van der Waals surface area contributed by atoms with Crippen LogP contribution in [0.25, 0.3) is 11.0 Å². The van der Waals surface area contributed by atoms with Gasteiger partial charge in [0, 0.05) is 31.0 Å². The van der Waals surface area contributed by atoms with E-state index < -0.39 is 12.7 Å². The molecule has 3 aromatic heterocycles. The second kappa shape index (κ2) is 7.62. The first-order chi connectivity index (χ1) is 13.8. The highest BCUT2D eigenvalue weighted by atomic mass is 19.4. The van der Waals surface area contributed by atoms with Crippen LogP contribution in [0.2, 0.25) is 0 Å². The van der Waals surface area contributed by atoms with Crippen molar-refractivity contribution in [2.45, 2.75) is 57.3 Å².